The SMILES string of the molecule is NNC(Cc1ccc(F)cc1F)=NC1CCCCC1. The van der Waals surface area contributed by atoms with E-state index in [1.165, 1.54) is 31.4 Å². The summed E-state index contributed by atoms with van der Waals surface area (Å²) in [6.45, 7) is 0. The number of hydrazine groups is 1. The van der Waals surface area contributed by atoms with Gasteiger partial charge in [-0.25, -0.2) is 14.6 Å². The molecule has 0 bridgehead atoms. The van der Waals surface area contributed by atoms with Gasteiger partial charge in [0, 0.05) is 12.5 Å². The second kappa shape index (κ2) is 6.61. The van der Waals surface area contributed by atoms with Gasteiger partial charge in [0.15, 0.2) is 0 Å². The van der Waals surface area contributed by atoms with Gasteiger partial charge in [-0.1, -0.05) is 25.3 Å². The Morgan fingerprint density at radius 2 is 2.00 bits per heavy atom. The molecule has 1 aliphatic rings. The molecule has 0 unspecified atom stereocenters. The van der Waals surface area contributed by atoms with Crippen LogP contribution in [0.2, 0.25) is 0 Å². The zero-order chi connectivity index (χ0) is 13.7. The second-order valence-corrected chi connectivity index (χ2v) is 4.92. The lowest BCUT2D eigenvalue weighted by Crippen LogP contribution is -2.33. The van der Waals surface area contributed by atoms with Crippen LogP contribution in [-0.2, 0) is 6.42 Å². The van der Waals surface area contributed by atoms with E-state index in [0.29, 0.717) is 11.4 Å². The Bertz CT molecular complexity index is 454. The monoisotopic (exact) mass is 267 g/mol. The van der Waals surface area contributed by atoms with E-state index >= 15 is 0 Å². The molecule has 1 aliphatic carbocycles. The van der Waals surface area contributed by atoms with Crippen molar-refractivity contribution in [3.8, 4) is 0 Å². The average molecular weight is 267 g/mol. The lowest BCUT2D eigenvalue weighted by Gasteiger charge is -2.19. The standard InChI is InChI=1S/C14H19F2N3/c15-11-7-6-10(13(16)9-11)8-14(19-17)18-12-4-2-1-3-5-12/h6-7,9,12H,1-5,8,17H2,(H,18,19). The van der Waals surface area contributed by atoms with Crippen molar-refractivity contribution in [1.82, 2.24) is 5.43 Å². The minimum Gasteiger partial charge on any atom is -0.312 e. The van der Waals surface area contributed by atoms with Crippen LogP contribution in [0, 0.1) is 11.6 Å². The highest BCUT2D eigenvalue weighted by molar-refractivity contribution is 5.84. The van der Waals surface area contributed by atoms with Crippen LogP contribution in [0.1, 0.15) is 37.7 Å². The van der Waals surface area contributed by atoms with E-state index in [2.05, 4.69) is 10.4 Å². The molecule has 3 nitrogen and oxygen atoms in total. The molecule has 3 N–H and O–H groups in total. The van der Waals surface area contributed by atoms with Gasteiger partial charge in [0.1, 0.15) is 17.5 Å². The zero-order valence-electron chi connectivity index (χ0n) is 10.8. The summed E-state index contributed by atoms with van der Waals surface area (Å²) >= 11 is 0. The van der Waals surface area contributed by atoms with Crippen LogP contribution < -0.4 is 11.3 Å². The molecular weight excluding hydrogens is 248 g/mol. The molecule has 0 atom stereocenters. The second-order valence-electron chi connectivity index (χ2n) is 4.92. The molecule has 0 aromatic heterocycles. The van der Waals surface area contributed by atoms with E-state index in [4.69, 9.17) is 5.84 Å². The predicted molar refractivity (Wildman–Crippen MR) is 71.7 cm³/mol. The third-order valence-corrected chi connectivity index (χ3v) is 3.45. The first-order valence-electron chi connectivity index (χ1n) is 6.66. The molecule has 19 heavy (non-hydrogen) atoms. The van der Waals surface area contributed by atoms with Crippen molar-refractivity contribution in [2.75, 3.05) is 0 Å². The molecule has 5 heteroatoms. The predicted octanol–water partition coefficient (Wildman–Crippen LogP) is 2.70. The largest absolute Gasteiger partial charge is 0.312 e. The van der Waals surface area contributed by atoms with Gasteiger partial charge in [0.2, 0.25) is 0 Å². The van der Waals surface area contributed by atoms with E-state index in [1.54, 1.807) is 0 Å². The number of halogens is 2. The maximum Gasteiger partial charge on any atom is 0.129 e. The summed E-state index contributed by atoms with van der Waals surface area (Å²) < 4.78 is 26.4. The summed E-state index contributed by atoms with van der Waals surface area (Å²) in [6.07, 6.45) is 5.98. The van der Waals surface area contributed by atoms with Gasteiger partial charge in [-0.3, -0.25) is 4.99 Å². The lowest BCUT2D eigenvalue weighted by molar-refractivity contribution is 0.442. The minimum absolute atomic E-state index is 0.263. The fourth-order valence-corrected chi connectivity index (χ4v) is 2.41. The topological polar surface area (TPSA) is 50.4 Å². The third kappa shape index (κ3) is 3.99. The maximum atomic E-state index is 13.6. The molecule has 1 fully saturated rings. The highest BCUT2D eigenvalue weighted by atomic mass is 19.1. The number of hydrogen-bond donors (Lipinski definition) is 2. The van der Waals surface area contributed by atoms with E-state index in [0.717, 1.165) is 18.9 Å². The highest BCUT2D eigenvalue weighted by Gasteiger charge is 2.14. The number of aliphatic imine (C=N–C) groups is 1. The van der Waals surface area contributed by atoms with Crippen molar-refractivity contribution in [2.45, 2.75) is 44.6 Å². The Labute approximate surface area is 111 Å². The molecule has 0 heterocycles. The quantitative estimate of drug-likeness (QED) is 0.383. The molecule has 0 saturated heterocycles. The van der Waals surface area contributed by atoms with Gasteiger partial charge in [0.25, 0.3) is 0 Å². The third-order valence-electron chi connectivity index (χ3n) is 3.45. The Kier molecular flexibility index (Phi) is 4.85. The van der Waals surface area contributed by atoms with Crippen LogP contribution in [0.4, 0.5) is 8.78 Å². The average Bonchev–Trinajstić information content (AvgIpc) is 2.42. The first kappa shape index (κ1) is 13.9. The van der Waals surface area contributed by atoms with Crippen molar-refractivity contribution < 1.29 is 8.78 Å². The lowest BCUT2D eigenvalue weighted by atomic mass is 9.96. The summed E-state index contributed by atoms with van der Waals surface area (Å²) in [6, 6.07) is 3.82. The Morgan fingerprint density at radius 1 is 1.26 bits per heavy atom. The Balaban J connectivity index is 2.07. The van der Waals surface area contributed by atoms with Gasteiger partial charge in [0.05, 0.1) is 6.04 Å². The van der Waals surface area contributed by atoms with Crippen molar-refractivity contribution >= 4 is 5.84 Å². The highest BCUT2D eigenvalue weighted by Crippen LogP contribution is 2.20. The van der Waals surface area contributed by atoms with Crippen LogP contribution in [0.3, 0.4) is 0 Å². The number of nitrogens with two attached hydrogens (primary N) is 1. The van der Waals surface area contributed by atoms with Crippen molar-refractivity contribution in [2.24, 2.45) is 10.8 Å². The van der Waals surface area contributed by atoms with Gasteiger partial charge in [-0.2, -0.15) is 0 Å². The van der Waals surface area contributed by atoms with Crippen molar-refractivity contribution in [3.63, 3.8) is 0 Å². The molecule has 1 aromatic rings. The van der Waals surface area contributed by atoms with Crippen LogP contribution >= 0.6 is 0 Å². The number of nitrogens with one attached hydrogen (secondary N) is 1. The summed E-state index contributed by atoms with van der Waals surface area (Å²) in [5.74, 6) is 4.85. The van der Waals surface area contributed by atoms with Gasteiger partial charge >= 0.3 is 0 Å². The zero-order valence-corrected chi connectivity index (χ0v) is 10.8. The summed E-state index contributed by atoms with van der Waals surface area (Å²) in [7, 11) is 0. The molecule has 0 amide bonds. The van der Waals surface area contributed by atoms with Crippen LogP contribution in [0.25, 0.3) is 0 Å². The molecule has 2 rings (SSSR count). The minimum atomic E-state index is -0.576. The fraction of sp³-hybridized carbons (Fsp3) is 0.500. The summed E-state index contributed by atoms with van der Waals surface area (Å²) in [5.41, 5.74) is 2.93. The fourth-order valence-electron chi connectivity index (χ4n) is 2.41. The van der Waals surface area contributed by atoms with Gasteiger partial charge in [-0.15, -0.1) is 0 Å². The molecule has 1 saturated carbocycles. The molecule has 0 radical (unpaired) electrons. The van der Waals surface area contributed by atoms with Crippen LogP contribution in [0.15, 0.2) is 23.2 Å². The molecule has 0 aliphatic heterocycles. The number of benzene rings is 1. The van der Waals surface area contributed by atoms with E-state index in [-0.39, 0.29) is 12.5 Å². The maximum absolute atomic E-state index is 13.6. The first-order valence-corrected chi connectivity index (χ1v) is 6.66. The smallest absolute Gasteiger partial charge is 0.129 e. The Morgan fingerprint density at radius 3 is 2.63 bits per heavy atom. The number of rotatable bonds is 3. The molecule has 104 valence electrons. The summed E-state index contributed by atoms with van der Waals surface area (Å²) in [4.78, 5) is 4.53. The number of amidine groups is 1. The van der Waals surface area contributed by atoms with Crippen LogP contribution in [-0.4, -0.2) is 11.9 Å². The normalized spacial score (nSPS) is 17.5. The van der Waals surface area contributed by atoms with E-state index in [9.17, 15) is 8.78 Å². The summed E-state index contributed by atoms with van der Waals surface area (Å²) in [5, 5.41) is 0. The van der Waals surface area contributed by atoms with Crippen molar-refractivity contribution in [1.29, 1.82) is 0 Å². The van der Waals surface area contributed by atoms with Gasteiger partial charge in [-0.05, 0) is 24.5 Å². The number of nitrogens with zero attached hydrogens (tertiary/aromatic N) is 1. The van der Waals surface area contributed by atoms with Crippen LogP contribution in [0.5, 0.6) is 0 Å². The van der Waals surface area contributed by atoms with Crippen molar-refractivity contribution in [3.05, 3.63) is 35.4 Å². The number of hydrogen-bond acceptors (Lipinski definition) is 2. The Hall–Kier alpha value is -1.49. The molecule has 0 spiro atoms. The molecule has 1 aromatic carbocycles. The van der Waals surface area contributed by atoms with Gasteiger partial charge < -0.3 is 5.43 Å². The first-order chi connectivity index (χ1) is 9.19. The van der Waals surface area contributed by atoms with E-state index in [1.807, 2.05) is 0 Å². The van der Waals surface area contributed by atoms with E-state index < -0.39 is 11.6 Å². The molecular formula is C14H19F2N3.